The predicted molar refractivity (Wildman–Crippen MR) is 88.2 cm³/mol. The van der Waals surface area contributed by atoms with E-state index in [-0.39, 0.29) is 11.9 Å². The molecule has 5 heteroatoms. The molecule has 2 aliphatic rings. The molecule has 1 heterocycles. The van der Waals surface area contributed by atoms with Gasteiger partial charge < -0.3 is 14.8 Å². The van der Waals surface area contributed by atoms with Crippen molar-refractivity contribution in [2.24, 2.45) is 5.92 Å². The molecule has 0 spiro atoms. The molecule has 1 aromatic rings. The topological polar surface area (TPSA) is 47.6 Å². The summed E-state index contributed by atoms with van der Waals surface area (Å²) in [5.74, 6) is 1.96. The van der Waals surface area contributed by atoms with Crippen LogP contribution in [0.3, 0.4) is 0 Å². The number of rotatable bonds is 4. The average molecular weight is 366 g/mol. The van der Waals surface area contributed by atoms with E-state index in [4.69, 9.17) is 9.47 Å². The minimum atomic E-state index is -0.0805. The van der Waals surface area contributed by atoms with E-state index in [0.717, 1.165) is 34.4 Å². The van der Waals surface area contributed by atoms with Gasteiger partial charge in [-0.05, 0) is 43.4 Å². The van der Waals surface area contributed by atoms with Crippen LogP contribution in [-0.2, 0) is 4.79 Å². The number of carbonyl (C=O) groups is 1. The molecule has 0 bridgehead atoms. The first-order chi connectivity index (χ1) is 10.6. The van der Waals surface area contributed by atoms with Gasteiger partial charge in [0.05, 0.1) is 6.04 Å². The molecular weight excluding hydrogens is 346 g/mol. The Morgan fingerprint density at radius 3 is 2.77 bits per heavy atom. The van der Waals surface area contributed by atoms with Crippen LogP contribution in [0.25, 0.3) is 0 Å². The predicted octanol–water partition coefficient (Wildman–Crippen LogP) is 3.75. The van der Waals surface area contributed by atoms with Crippen molar-refractivity contribution in [2.75, 3.05) is 13.2 Å². The van der Waals surface area contributed by atoms with E-state index in [0.29, 0.717) is 25.6 Å². The first-order valence-electron chi connectivity index (χ1n) is 7.68. The van der Waals surface area contributed by atoms with Gasteiger partial charge in [-0.1, -0.05) is 28.1 Å². The lowest BCUT2D eigenvalue weighted by molar-refractivity contribution is -0.122. The van der Waals surface area contributed by atoms with Gasteiger partial charge in [-0.2, -0.15) is 0 Å². The summed E-state index contributed by atoms with van der Waals surface area (Å²) in [6.45, 7) is 3.11. The smallest absolute Gasteiger partial charge is 0.221 e. The molecule has 1 aliphatic heterocycles. The highest BCUT2D eigenvalue weighted by Crippen LogP contribution is 2.37. The Balaban J connectivity index is 1.67. The second-order valence-corrected chi connectivity index (χ2v) is 6.63. The van der Waals surface area contributed by atoms with Crippen LogP contribution in [0.4, 0.5) is 0 Å². The number of amides is 1. The van der Waals surface area contributed by atoms with E-state index in [9.17, 15) is 4.79 Å². The molecule has 0 saturated heterocycles. The third-order valence-electron chi connectivity index (χ3n) is 4.07. The Bertz CT molecular complexity index is 600. The highest BCUT2D eigenvalue weighted by molar-refractivity contribution is 9.10. The Morgan fingerprint density at radius 2 is 2.09 bits per heavy atom. The molecule has 0 aromatic heterocycles. The molecule has 0 radical (unpaired) electrons. The summed E-state index contributed by atoms with van der Waals surface area (Å²) in [5, 5.41) is 3.07. The third-order valence-corrected chi connectivity index (χ3v) is 4.75. The summed E-state index contributed by atoms with van der Waals surface area (Å²) in [7, 11) is 0. The van der Waals surface area contributed by atoms with E-state index in [1.807, 2.05) is 19.1 Å². The van der Waals surface area contributed by atoms with Gasteiger partial charge in [-0.3, -0.25) is 4.79 Å². The Kier molecular flexibility index (Phi) is 4.71. The zero-order valence-electron chi connectivity index (χ0n) is 12.6. The number of fused-ring (bicyclic) bond motifs is 1. The van der Waals surface area contributed by atoms with Crippen LogP contribution in [0.15, 0.2) is 28.8 Å². The number of nitrogens with one attached hydrogen (secondary N) is 1. The Labute approximate surface area is 139 Å². The highest BCUT2D eigenvalue weighted by Gasteiger charge is 2.20. The molecule has 1 aliphatic carbocycles. The van der Waals surface area contributed by atoms with Crippen molar-refractivity contribution in [1.29, 1.82) is 0 Å². The monoisotopic (exact) mass is 365 g/mol. The largest absolute Gasteiger partial charge is 0.486 e. The van der Waals surface area contributed by atoms with Gasteiger partial charge in [0, 0.05) is 10.9 Å². The van der Waals surface area contributed by atoms with E-state index < -0.39 is 0 Å². The summed E-state index contributed by atoms with van der Waals surface area (Å²) in [5.41, 5.74) is 1.000. The number of halogens is 1. The minimum absolute atomic E-state index is 0.0805. The number of hydrogen-bond acceptors (Lipinski definition) is 3. The van der Waals surface area contributed by atoms with Crippen molar-refractivity contribution in [1.82, 2.24) is 5.32 Å². The van der Waals surface area contributed by atoms with Crippen LogP contribution in [0, 0.1) is 5.92 Å². The second kappa shape index (κ2) is 6.73. The summed E-state index contributed by atoms with van der Waals surface area (Å²) in [6, 6.07) is 3.77. The molecule has 118 valence electrons. The van der Waals surface area contributed by atoms with Crippen molar-refractivity contribution < 1.29 is 14.3 Å². The number of carbonyl (C=O) groups excluding carboxylic acids is 1. The molecule has 2 atom stereocenters. The first kappa shape index (κ1) is 15.4. The van der Waals surface area contributed by atoms with Crippen LogP contribution in [0.5, 0.6) is 11.5 Å². The molecule has 22 heavy (non-hydrogen) atoms. The van der Waals surface area contributed by atoms with E-state index in [1.165, 1.54) is 0 Å². The van der Waals surface area contributed by atoms with Crippen LogP contribution >= 0.6 is 15.9 Å². The Morgan fingerprint density at radius 1 is 1.36 bits per heavy atom. The van der Waals surface area contributed by atoms with Crippen molar-refractivity contribution >= 4 is 21.8 Å². The molecule has 4 nitrogen and oxygen atoms in total. The van der Waals surface area contributed by atoms with Crippen molar-refractivity contribution in [3.05, 3.63) is 34.3 Å². The maximum atomic E-state index is 12.2. The second-order valence-electron chi connectivity index (χ2n) is 5.78. The summed E-state index contributed by atoms with van der Waals surface area (Å²) in [6.07, 6.45) is 7.02. The zero-order chi connectivity index (χ0) is 15.5. The molecule has 3 rings (SSSR count). The fraction of sp³-hybridized carbons (Fsp3) is 0.471. The van der Waals surface area contributed by atoms with Gasteiger partial charge in [0.2, 0.25) is 5.91 Å². The first-order valence-corrected chi connectivity index (χ1v) is 8.48. The molecule has 0 unspecified atom stereocenters. The van der Waals surface area contributed by atoms with Crippen LogP contribution in [-0.4, -0.2) is 19.1 Å². The molecule has 0 saturated carbocycles. The van der Waals surface area contributed by atoms with Gasteiger partial charge in [0.15, 0.2) is 11.5 Å². The summed E-state index contributed by atoms with van der Waals surface area (Å²) < 4.78 is 12.1. The Hall–Kier alpha value is -1.49. The normalized spacial score (nSPS) is 20.7. The van der Waals surface area contributed by atoms with Gasteiger partial charge in [-0.15, -0.1) is 0 Å². The zero-order valence-corrected chi connectivity index (χ0v) is 14.2. The molecule has 0 fully saturated rings. The van der Waals surface area contributed by atoms with Gasteiger partial charge in [0.25, 0.3) is 0 Å². The van der Waals surface area contributed by atoms with Gasteiger partial charge >= 0.3 is 0 Å². The number of allylic oxidation sites excluding steroid dienone is 2. The SMILES string of the molecule is C[C@H](NC(=O)C[C@H]1C=CCC1)c1cc2c(cc1Br)OCCO2. The fourth-order valence-electron chi connectivity index (χ4n) is 2.89. The molecule has 1 aromatic carbocycles. The highest BCUT2D eigenvalue weighted by atomic mass is 79.9. The van der Waals surface area contributed by atoms with Gasteiger partial charge in [0.1, 0.15) is 13.2 Å². The molecule has 1 N–H and O–H groups in total. The summed E-state index contributed by atoms with van der Waals surface area (Å²) in [4.78, 5) is 12.2. The lowest BCUT2D eigenvalue weighted by atomic mass is 10.0. The maximum absolute atomic E-state index is 12.2. The standard InChI is InChI=1S/C17H20BrNO3/c1-11(19-17(20)8-12-4-2-3-5-12)13-9-15-16(10-14(13)18)22-7-6-21-15/h2,4,9-12H,3,5-8H2,1H3,(H,19,20)/t11-,12-/m0/s1. The van der Waals surface area contributed by atoms with Crippen LogP contribution < -0.4 is 14.8 Å². The van der Waals surface area contributed by atoms with E-state index in [2.05, 4.69) is 33.4 Å². The quantitative estimate of drug-likeness (QED) is 0.826. The van der Waals surface area contributed by atoms with Crippen molar-refractivity contribution in [3.63, 3.8) is 0 Å². The number of benzene rings is 1. The number of hydrogen-bond donors (Lipinski definition) is 1. The van der Waals surface area contributed by atoms with Crippen molar-refractivity contribution in [3.8, 4) is 11.5 Å². The lowest BCUT2D eigenvalue weighted by Gasteiger charge is -2.22. The number of ether oxygens (including phenoxy) is 2. The average Bonchev–Trinajstić information content (AvgIpc) is 2.99. The van der Waals surface area contributed by atoms with E-state index in [1.54, 1.807) is 0 Å². The summed E-state index contributed by atoms with van der Waals surface area (Å²) >= 11 is 3.56. The fourth-order valence-corrected chi connectivity index (χ4v) is 3.56. The lowest BCUT2D eigenvalue weighted by Crippen LogP contribution is -2.28. The third kappa shape index (κ3) is 3.46. The van der Waals surface area contributed by atoms with E-state index >= 15 is 0 Å². The van der Waals surface area contributed by atoms with Crippen LogP contribution in [0.2, 0.25) is 0 Å². The minimum Gasteiger partial charge on any atom is -0.486 e. The van der Waals surface area contributed by atoms with Crippen molar-refractivity contribution in [2.45, 2.75) is 32.2 Å². The van der Waals surface area contributed by atoms with Gasteiger partial charge in [-0.25, -0.2) is 0 Å². The molecular formula is C17H20BrNO3. The maximum Gasteiger partial charge on any atom is 0.221 e. The van der Waals surface area contributed by atoms with Crippen LogP contribution in [0.1, 0.15) is 37.8 Å². The molecule has 1 amide bonds.